The maximum Gasteiger partial charge on any atom is 0.488 e. The van der Waals surface area contributed by atoms with E-state index in [-0.39, 0.29) is 8.85 Å². The third-order valence-corrected chi connectivity index (χ3v) is 20.9. The second-order valence-electron chi connectivity index (χ2n) is 26.0. The highest BCUT2D eigenvalue weighted by Crippen LogP contribution is 2.49. The number of halogens is 1. The zero-order valence-electron chi connectivity index (χ0n) is 55.3. The molecule has 0 saturated carbocycles. The minimum absolute atomic E-state index is 0. The Hall–Kier alpha value is -12.4. The summed E-state index contributed by atoms with van der Waals surface area (Å²) in [5.41, 5.74) is 20.7. The van der Waals surface area contributed by atoms with Crippen molar-refractivity contribution in [2.75, 3.05) is 0 Å². The molecule has 20 rings (SSSR count). The third kappa shape index (κ3) is 11.6. The van der Waals surface area contributed by atoms with Gasteiger partial charge in [-0.25, -0.2) is 0 Å². The van der Waals surface area contributed by atoms with Gasteiger partial charge in [-0.1, -0.05) is 323 Å². The van der Waals surface area contributed by atoms with Crippen LogP contribution in [0, 0.1) is 0 Å². The van der Waals surface area contributed by atoms with Crippen LogP contribution in [0.4, 0.5) is 0 Å². The van der Waals surface area contributed by atoms with Crippen molar-refractivity contribution < 1.29 is 20.3 Å². The standard InChI is InChI=1S/C48H30O.C26H15BrO.C22H17BO2.CH4.H2/c1-2-14-31(15-3-1)35-17-6-7-19-37(35)44-29-34(28-32-16-4-5-18-36(32)44)48-42-23-10-8-21-40(42)47(41-22-9-11-24-43(41)48)33-26-27-39-38-20-12-13-25-45(38)49-46(39)30-33;27-26-21-10-3-1-8-19(21)25(20-9-2-4-11-22(20)26)16-13-14-18-17-7-5-6-12-23(17)28-24(18)15-16;24-23(25)18-14-17-10-4-5-12-20(17)22(15-18)21-13-7-6-11-19(21)16-8-2-1-3-9-16;;/h1-30H;1-15H;1-15,24-25H;1H4;1H. The van der Waals surface area contributed by atoms with Gasteiger partial charge in [0.15, 0.2) is 0 Å². The zero-order valence-corrected chi connectivity index (χ0v) is 56.9. The molecule has 6 heteroatoms. The first kappa shape index (κ1) is 64.0. The highest BCUT2D eigenvalue weighted by Gasteiger charge is 2.23. The number of furan rings is 2. The maximum atomic E-state index is 9.70. The van der Waals surface area contributed by atoms with Crippen LogP contribution in [-0.4, -0.2) is 17.2 Å². The highest BCUT2D eigenvalue weighted by atomic mass is 79.9. The Morgan fingerprint density at radius 2 is 0.534 bits per heavy atom. The van der Waals surface area contributed by atoms with Gasteiger partial charge in [-0.15, -0.1) is 0 Å². The third-order valence-electron chi connectivity index (χ3n) is 20.1. The first-order chi connectivity index (χ1) is 50.4. The molecule has 0 aliphatic carbocycles. The van der Waals surface area contributed by atoms with Crippen molar-refractivity contribution in [3.05, 3.63) is 368 Å². The van der Waals surface area contributed by atoms with Crippen LogP contribution in [0.25, 0.3) is 186 Å². The van der Waals surface area contributed by atoms with Gasteiger partial charge >= 0.3 is 7.12 Å². The van der Waals surface area contributed by atoms with Crippen LogP contribution in [0.1, 0.15) is 8.85 Å². The van der Waals surface area contributed by atoms with Gasteiger partial charge in [-0.2, -0.15) is 0 Å². The van der Waals surface area contributed by atoms with E-state index >= 15 is 0 Å². The van der Waals surface area contributed by atoms with Gasteiger partial charge in [0.05, 0.1) is 0 Å². The summed E-state index contributed by atoms with van der Waals surface area (Å²) in [5, 5.41) is 38.4. The summed E-state index contributed by atoms with van der Waals surface area (Å²) in [7, 11) is -1.49. The number of fused-ring (bicyclic) bond motifs is 12. The molecule has 490 valence electrons. The molecule has 0 bridgehead atoms. The van der Waals surface area contributed by atoms with Gasteiger partial charge in [0.1, 0.15) is 22.3 Å². The summed E-state index contributed by atoms with van der Waals surface area (Å²) in [6.45, 7) is 0. The average molecular weight is 1390 g/mol. The van der Waals surface area contributed by atoms with E-state index in [1.165, 1.54) is 104 Å². The lowest BCUT2D eigenvalue weighted by Crippen LogP contribution is -2.29. The molecule has 0 unspecified atom stereocenters. The largest absolute Gasteiger partial charge is 0.488 e. The molecule has 20 aromatic rings. The Labute approximate surface area is 607 Å². The molecule has 0 saturated heterocycles. The topological polar surface area (TPSA) is 66.7 Å². The van der Waals surface area contributed by atoms with E-state index in [4.69, 9.17) is 8.83 Å². The normalized spacial score (nSPS) is 11.4. The minimum atomic E-state index is -1.49. The van der Waals surface area contributed by atoms with E-state index in [0.29, 0.717) is 5.46 Å². The summed E-state index contributed by atoms with van der Waals surface area (Å²) in [6, 6.07) is 128. The summed E-state index contributed by atoms with van der Waals surface area (Å²) in [6.07, 6.45) is 0. The molecule has 2 N–H and O–H groups in total. The lowest BCUT2D eigenvalue weighted by atomic mass is 9.77. The Bertz CT molecular complexity index is 6530. The summed E-state index contributed by atoms with van der Waals surface area (Å²) < 4.78 is 13.7. The minimum Gasteiger partial charge on any atom is -0.456 e. The average Bonchev–Trinajstić information content (AvgIpc) is 0.989. The van der Waals surface area contributed by atoms with Gasteiger partial charge in [-0.3, -0.25) is 0 Å². The molecule has 0 fully saturated rings. The van der Waals surface area contributed by atoms with E-state index in [0.717, 1.165) is 86.9 Å². The van der Waals surface area contributed by atoms with E-state index in [9.17, 15) is 10.0 Å². The molecule has 18 aromatic carbocycles. The van der Waals surface area contributed by atoms with E-state index < -0.39 is 7.12 Å². The number of benzene rings is 18. The van der Waals surface area contributed by atoms with Crippen LogP contribution in [0.15, 0.2) is 377 Å². The fourth-order valence-corrected chi connectivity index (χ4v) is 16.1. The number of hydrogen-bond acceptors (Lipinski definition) is 4. The Balaban J connectivity index is 0.000000129. The van der Waals surface area contributed by atoms with Gasteiger partial charge < -0.3 is 18.9 Å². The summed E-state index contributed by atoms with van der Waals surface area (Å²) in [5.74, 6) is 0. The molecule has 2 aromatic heterocycles. The van der Waals surface area contributed by atoms with E-state index in [1.807, 2.05) is 84.9 Å². The smallest absolute Gasteiger partial charge is 0.456 e. The van der Waals surface area contributed by atoms with Gasteiger partial charge in [-0.05, 0) is 212 Å². The second kappa shape index (κ2) is 27.3. The molecule has 0 amide bonds. The highest BCUT2D eigenvalue weighted by molar-refractivity contribution is 9.10. The van der Waals surface area contributed by atoms with Crippen LogP contribution in [0.3, 0.4) is 0 Å². The second-order valence-corrected chi connectivity index (χ2v) is 26.8. The van der Waals surface area contributed by atoms with Gasteiger partial charge in [0.2, 0.25) is 0 Å². The van der Waals surface area contributed by atoms with Crippen molar-refractivity contribution in [3.63, 3.8) is 0 Å². The molecule has 0 aliphatic heterocycles. The Kier molecular flexibility index (Phi) is 16.9. The molecule has 0 atom stereocenters. The van der Waals surface area contributed by atoms with Crippen molar-refractivity contribution in [3.8, 4) is 77.9 Å². The molecule has 0 spiro atoms. The lowest BCUT2D eigenvalue weighted by Gasteiger charge is -2.20. The molecule has 4 nitrogen and oxygen atoms in total. The Morgan fingerprint density at radius 3 is 0.961 bits per heavy atom. The van der Waals surface area contributed by atoms with Crippen molar-refractivity contribution in [1.82, 2.24) is 0 Å². The molecule has 2 heterocycles. The van der Waals surface area contributed by atoms with Crippen LogP contribution in [0.5, 0.6) is 0 Å². The number of rotatable bonds is 8. The van der Waals surface area contributed by atoms with Crippen molar-refractivity contribution >= 4 is 137 Å². The van der Waals surface area contributed by atoms with Crippen molar-refractivity contribution in [2.45, 2.75) is 7.43 Å². The first-order valence-corrected chi connectivity index (χ1v) is 35.2. The molecule has 0 radical (unpaired) electrons. The lowest BCUT2D eigenvalue weighted by molar-refractivity contribution is 0.426. The number of hydrogen-bond donors (Lipinski definition) is 2. The maximum absolute atomic E-state index is 9.70. The SMILES string of the molecule is Brc1c2ccccc2c(-c2ccc3c(c2)oc2ccccc23)c2ccccc12.C.OB(O)c1cc(-c2ccccc2-c2ccccc2)c2ccccc2c1.[HH].c1ccc(-c2ccccc2-c2cc(-c3c4ccccc4c(-c4ccc5c(c4)oc4ccccc45)c4ccccc34)cc3ccccc23)cc1. The van der Waals surface area contributed by atoms with Gasteiger partial charge in [0, 0.05) is 27.4 Å². The fraction of sp³-hybridized carbons (Fsp3) is 0.0103. The van der Waals surface area contributed by atoms with Crippen LogP contribution < -0.4 is 5.46 Å². The monoisotopic (exact) mass is 1390 g/mol. The predicted octanol–water partition coefficient (Wildman–Crippen LogP) is 26.8. The fourth-order valence-electron chi connectivity index (χ4n) is 15.5. The number of para-hydroxylation sites is 2. The summed E-state index contributed by atoms with van der Waals surface area (Å²) in [4.78, 5) is 0. The predicted molar refractivity (Wildman–Crippen MR) is 443 cm³/mol. The van der Waals surface area contributed by atoms with Crippen LogP contribution in [0.2, 0.25) is 0 Å². The first-order valence-electron chi connectivity index (χ1n) is 34.4. The van der Waals surface area contributed by atoms with Crippen LogP contribution in [-0.2, 0) is 0 Å². The molecule has 0 aliphatic rings. The summed E-state index contributed by atoms with van der Waals surface area (Å²) >= 11 is 3.83. The zero-order chi connectivity index (χ0) is 68.2. The molecule has 103 heavy (non-hydrogen) atoms. The van der Waals surface area contributed by atoms with E-state index in [2.05, 4.69) is 295 Å². The molecular formula is C97H68BBrO4. The van der Waals surface area contributed by atoms with Crippen LogP contribution >= 0.6 is 15.9 Å². The quantitative estimate of drug-likeness (QED) is 0.118. The molecular weight excluding hydrogens is 1320 g/mol. The van der Waals surface area contributed by atoms with Gasteiger partial charge in [0.25, 0.3) is 0 Å². The van der Waals surface area contributed by atoms with E-state index in [1.54, 1.807) is 0 Å². The van der Waals surface area contributed by atoms with Crippen molar-refractivity contribution in [1.29, 1.82) is 0 Å². The van der Waals surface area contributed by atoms with Crippen molar-refractivity contribution in [2.24, 2.45) is 0 Å². The Morgan fingerprint density at radius 1 is 0.223 bits per heavy atom.